The lowest BCUT2D eigenvalue weighted by atomic mass is 10.2. The topological polar surface area (TPSA) is 34.5 Å². The van der Waals surface area contributed by atoms with E-state index in [0.717, 1.165) is 38.7 Å². The number of rotatable bonds is 4. The van der Waals surface area contributed by atoms with Gasteiger partial charge < -0.3 is 9.30 Å². The van der Waals surface area contributed by atoms with Gasteiger partial charge in [0.1, 0.15) is 0 Å². The molecule has 1 aromatic heterocycles. The molecule has 0 amide bonds. The Kier molecular flexibility index (Phi) is 5.38. The van der Waals surface area contributed by atoms with Gasteiger partial charge >= 0.3 is 0 Å². The van der Waals surface area contributed by atoms with Gasteiger partial charge in [-0.25, -0.2) is 0 Å². The SMILES string of the molecule is O=P(c1ccccc1)(c1ccccc1)N1c2ccccc2Oc2cc(-n3c4ccccc4c4ccccc43)ccc21. The van der Waals surface area contributed by atoms with Crippen LogP contribution in [0.3, 0.4) is 0 Å². The zero-order valence-corrected chi connectivity index (χ0v) is 23.0. The van der Waals surface area contributed by atoms with Crippen LogP contribution in [-0.2, 0) is 4.57 Å². The third-order valence-electron chi connectivity index (χ3n) is 7.82. The zero-order valence-electron chi connectivity index (χ0n) is 22.1. The second kappa shape index (κ2) is 9.26. The Morgan fingerprint density at radius 3 is 1.63 bits per heavy atom. The van der Waals surface area contributed by atoms with Crippen molar-refractivity contribution in [1.82, 2.24) is 4.57 Å². The van der Waals surface area contributed by atoms with E-state index < -0.39 is 7.29 Å². The average molecular weight is 549 g/mol. The van der Waals surface area contributed by atoms with Crippen molar-refractivity contribution in [3.05, 3.63) is 152 Å². The molecule has 8 rings (SSSR count). The molecule has 196 valence electrons. The summed E-state index contributed by atoms with van der Waals surface area (Å²) in [5.74, 6) is 1.33. The van der Waals surface area contributed by atoms with E-state index in [1.165, 1.54) is 10.8 Å². The van der Waals surface area contributed by atoms with Gasteiger partial charge in [-0.2, -0.15) is 0 Å². The molecule has 0 atom stereocenters. The van der Waals surface area contributed by atoms with Crippen molar-refractivity contribution in [3.8, 4) is 17.2 Å². The van der Waals surface area contributed by atoms with Gasteiger partial charge in [-0.3, -0.25) is 9.24 Å². The molecule has 0 saturated heterocycles. The third kappa shape index (κ3) is 3.58. The normalized spacial score (nSPS) is 12.6. The lowest BCUT2D eigenvalue weighted by molar-refractivity contribution is 0.477. The Hall–Kier alpha value is -5.05. The molecule has 0 N–H and O–H groups in total. The highest BCUT2D eigenvalue weighted by Gasteiger charge is 2.41. The van der Waals surface area contributed by atoms with E-state index in [2.05, 4.69) is 65.2 Å². The summed E-state index contributed by atoms with van der Waals surface area (Å²) in [6.07, 6.45) is 0. The predicted octanol–water partition coefficient (Wildman–Crippen LogP) is 8.96. The van der Waals surface area contributed by atoms with Crippen molar-refractivity contribution in [3.63, 3.8) is 0 Å². The molecule has 0 saturated carbocycles. The summed E-state index contributed by atoms with van der Waals surface area (Å²) in [6.45, 7) is 0. The molecule has 1 aliphatic rings. The number of para-hydroxylation sites is 4. The molecule has 0 spiro atoms. The van der Waals surface area contributed by atoms with Crippen molar-refractivity contribution < 1.29 is 9.30 Å². The van der Waals surface area contributed by atoms with Gasteiger partial charge in [-0.05, 0) is 60.7 Å². The number of ether oxygens (including phenoxy) is 1. The lowest BCUT2D eigenvalue weighted by Crippen LogP contribution is -2.30. The molecular weight excluding hydrogens is 523 g/mol. The summed E-state index contributed by atoms with van der Waals surface area (Å²) >= 11 is 0. The Morgan fingerprint density at radius 2 is 1.00 bits per heavy atom. The van der Waals surface area contributed by atoms with Gasteiger partial charge in [0.2, 0.25) is 7.29 Å². The van der Waals surface area contributed by atoms with Crippen molar-refractivity contribution in [2.24, 2.45) is 0 Å². The standard InChI is InChI=1S/C36H25N2O2P/c39-41(27-13-3-1-4-14-27,28-15-5-2-6-16-28)38-33-21-11-12-22-35(33)40-36-25-26(23-24-34(36)38)37-31-19-9-7-17-29(31)30-18-8-10-20-32(30)37/h1-25H. The summed E-state index contributed by atoms with van der Waals surface area (Å²) in [6, 6.07) is 50.5. The number of hydrogen-bond donors (Lipinski definition) is 0. The highest BCUT2D eigenvalue weighted by Crippen LogP contribution is 2.61. The number of benzene rings is 6. The van der Waals surface area contributed by atoms with Crippen molar-refractivity contribution in [2.45, 2.75) is 0 Å². The fourth-order valence-electron chi connectivity index (χ4n) is 6.01. The summed E-state index contributed by atoms with van der Waals surface area (Å²) in [5.41, 5.74) is 4.78. The van der Waals surface area contributed by atoms with Crippen LogP contribution in [-0.4, -0.2) is 4.57 Å². The Labute approximate surface area is 238 Å². The fraction of sp³-hybridized carbons (Fsp3) is 0. The first-order valence-corrected chi connectivity index (χ1v) is 15.3. The van der Waals surface area contributed by atoms with E-state index in [9.17, 15) is 0 Å². The molecule has 7 aromatic rings. The van der Waals surface area contributed by atoms with E-state index in [4.69, 9.17) is 4.74 Å². The molecule has 1 aliphatic heterocycles. The molecule has 41 heavy (non-hydrogen) atoms. The van der Waals surface area contributed by atoms with Crippen LogP contribution in [0.2, 0.25) is 0 Å². The number of anilines is 2. The highest BCUT2D eigenvalue weighted by molar-refractivity contribution is 7.80. The first-order chi connectivity index (χ1) is 20.2. The number of fused-ring (bicyclic) bond motifs is 5. The maximum Gasteiger partial charge on any atom is 0.234 e. The molecule has 0 bridgehead atoms. The average Bonchev–Trinajstić information content (AvgIpc) is 3.38. The molecule has 0 unspecified atom stereocenters. The largest absolute Gasteiger partial charge is 0.453 e. The van der Waals surface area contributed by atoms with Gasteiger partial charge in [0, 0.05) is 27.4 Å². The maximum absolute atomic E-state index is 15.6. The first-order valence-electron chi connectivity index (χ1n) is 13.6. The quantitative estimate of drug-likeness (QED) is 0.206. The molecule has 0 radical (unpaired) electrons. The molecule has 4 nitrogen and oxygen atoms in total. The van der Waals surface area contributed by atoms with Crippen LogP contribution in [0.15, 0.2) is 152 Å². The Balaban J connectivity index is 1.39. The second-order valence-corrected chi connectivity index (χ2v) is 12.7. The van der Waals surface area contributed by atoms with E-state index in [-0.39, 0.29) is 0 Å². The first kappa shape index (κ1) is 23.8. The number of aromatic nitrogens is 1. The monoisotopic (exact) mass is 548 g/mol. The molecule has 6 aromatic carbocycles. The maximum atomic E-state index is 15.6. The molecule has 2 heterocycles. The fourth-order valence-corrected chi connectivity index (χ4v) is 8.86. The minimum Gasteiger partial charge on any atom is -0.453 e. The number of nitrogens with zero attached hydrogens (tertiary/aromatic N) is 2. The second-order valence-electron chi connectivity index (χ2n) is 10.2. The van der Waals surface area contributed by atoms with Crippen LogP contribution in [0.4, 0.5) is 11.4 Å². The van der Waals surface area contributed by atoms with Crippen LogP contribution < -0.4 is 20.0 Å². The summed E-state index contributed by atoms with van der Waals surface area (Å²) < 4.78 is 26.5. The van der Waals surface area contributed by atoms with Crippen LogP contribution in [0.1, 0.15) is 0 Å². The van der Waals surface area contributed by atoms with Crippen LogP contribution in [0.25, 0.3) is 27.5 Å². The Bertz CT molecular complexity index is 2020. The molecular formula is C36H25N2O2P. The minimum atomic E-state index is -3.37. The molecule has 0 fully saturated rings. The van der Waals surface area contributed by atoms with E-state index in [0.29, 0.717) is 11.5 Å². The molecule has 5 heteroatoms. The lowest BCUT2D eigenvalue weighted by Gasteiger charge is -2.38. The van der Waals surface area contributed by atoms with Gasteiger partial charge in [0.05, 0.1) is 28.1 Å². The van der Waals surface area contributed by atoms with E-state index in [1.54, 1.807) is 0 Å². The zero-order chi connectivity index (χ0) is 27.4. The summed E-state index contributed by atoms with van der Waals surface area (Å²) in [7, 11) is -3.37. The van der Waals surface area contributed by atoms with Gasteiger partial charge in [0.25, 0.3) is 0 Å². The van der Waals surface area contributed by atoms with Crippen molar-refractivity contribution in [1.29, 1.82) is 0 Å². The number of hydrogen-bond acceptors (Lipinski definition) is 2. The summed E-state index contributed by atoms with van der Waals surface area (Å²) in [5, 5.41) is 3.93. The smallest absolute Gasteiger partial charge is 0.234 e. The van der Waals surface area contributed by atoms with Crippen molar-refractivity contribution in [2.75, 3.05) is 4.67 Å². The minimum absolute atomic E-state index is 0.662. The van der Waals surface area contributed by atoms with Crippen LogP contribution >= 0.6 is 7.29 Å². The van der Waals surface area contributed by atoms with Gasteiger partial charge in [-0.1, -0.05) is 84.9 Å². The van der Waals surface area contributed by atoms with Gasteiger partial charge in [-0.15, -0.1) is 0 Å². The molecule has 0 aliphatic carbocycles. The van der Waals surface area contributed by atoms with E-state index in [1.807, 2.05) is 95.7 Å². The van der Waals surface area contributed by atoms with Gasteiger partial charge in [0.15, 0.2) is 11.5 Å². The Morgan fingerprint density at radius 1 is 0.488 bits per heavy atom. The van der Waals surface area contributed by atoms with Crippen molar-refractivity contribution >= 4 is 51.1 Å². The predicted molar refractivity (Wildman–Crippen MR) is 169 cm³/mol. The summed E-state index contributed by atoms with van der Waals surface area (Å²) in [4.78, 5) is 0. The van der Waals surface area contributed by atoms with Crippen LogP contribution in [0.5, 0.6) is 11.5 Å². The highest BCUT2D eigenvalue weighted by atomic mass is 31.2. The van der Waals surface area contributed by atoms with Crippen LogP contribution in [0, 0.1) is 0 Å². The van der Waals surface area contributed by atoms with E-state index >= 15 is 4.57 Å². The third-order valence-corrected chi connectivity index (χ3v) is 10.8.